The molecule has 4 rings (SSSR count). The van der Waals surface area contributed by atoms with E-state index in [1.807, 2.05) is 13.8 Å². The topological polar surface area (TPSA) is 65.5 Å². The summed E-state index contributed by atoms with van der Waals surface area (Å²) in [5.74, 6) is -2.45. The predicted octanol–water partition coefficient (Wildman–Crippen LogP) is 3.77. The van der Waals surface area contributed by atoms with E-state index in [1.54, 1.807) is 17.2 Å². The maximum Gasteiger partial charge on any atom is 0.255 e. The molecule has 0 aliphatic carbocycles. The minimum absolute atomic E-state index is 0.190. The van der Waals surface area contributed by atoms with Crippen molar-refractivity contribution >= 4 is 27.5 Å². The summed E-state index contributed by atoms with van der Waals surface area (Å²) in [6.45, 7) is 5.79. The van der Waals surface area contributed by atoms with Gasteiger partial charge >= 0.3 is 0 Å². The number of aromatic nitrogens is 1. The number of carbonyl (C=O) groups excluding carboxylic acids is 1. The number of hydrogen-bond donors (Lipinski definition) is 2. The zero-order valence-corrected chi connectivity index (χ0v) is 16.2. The van der Waals surface area contributed by atoms with E-state index in [4.69, 9.17) is 0 Å². The summed E-state index contributed by atoms with van der Waals surface area (Å²) in [7, 11) is 0. The number of halogens is 2. The van der Waals surface area contributed by atoms with Crippen molar-refractivity contribution in [2.45, 2.75) is 19.4 Å². The second-order valence-electron chi connectivity index (χ2n) is 7.59. The number of carbonyl (C=O) groups is 1. The van der Waals surface area contributed by atoms with Crippen molar-refractivity contribution in [3.05, 3.63) is 47.7 Å². The van der Waals surface area contributed by atoms with E-state index in [-0.39, 0.29) is 22.6 Å². The maximum absolute atomic E-state index is 14.4. The molecule has 1 aliphatic heterocycles. The Labute approximate surface area is 164 Å². The number of nitrogens with one attached hydrogen (secondary N) is 1. The normalized spacial score (nSPS) is 16.5. The summed E-state index contributed by atoms with van der Waals surface area (Å²) < 4.78 is 33.6. The molecule has 1 aliphatic rings. The van der Waals surface area contributed by atoms with Crippen molar-refractivity contribution in [3.63, 3.8) is 0 Å². The van der Waals surface area contributed by atoms with Gasteiger partial charge < -0.3 is 15.3 Å². The first-order valence-electron chi connectivity index (χ1n) is 8.86. The van der Waals surface area contributed by atoms with Crippen LogP contribution in [0.1, 0.15) is 24.2 Å². The third-order valence-corrected chi connectivity index (χ3v) is 5.71. The first-order valence-corrected chi connectivity index (χ1v) is 9.64. The van der Waals surface area contributed by atoms with E-state index in [0.29, 0.717) is 35.3 Å². The highest BCUT2D eigenvalue weighted by Gasteiger charge is 2.30. The van der Waals surface area contributed by atoms with Crippen LogP contribution in [-0.2, 0) is 0 Å². The van der Waals surface area contributed by atoms with Crippen LogP contribution in [0, 0.1) is 11.6 Å². The first kappa shape index (κ1) is 18.8. The highest BCUT2D eigenvalue weighted by Crippen LogP contribution is 2.35. The minimum atomic E-state index is -0.887. The molecular weight excluding hydrogens is 384 g/mol. The van der Waals surface area contributed by atoms with Gasteiger partial charge in [0.05, 0.1) is 15.8 Å². The van der Waals surface area contributed by atoms with Gasteiger partial charge in [0.25, 0.3) is 5.91 Å². The Morgan fingerprint density at radius 3 is 2.64 bits per heavy atom. The molecule has 2 heterocycles. The Balaban J connectivity index is 1.84. The summed E-state index contributed by atoms with van der Waals surface area (Å²) >= 11 is 1.18. The van der Waals surface area contributed by atoms with Crippen LogP contribution in [0.3, 0.4) is 0 Å². The largest absolute Gasteiger partial charge is 0.508 e. The molecular formula is C20H19F2N3O2S. The van der Waals surface area contributed by atoms with E-state index >= 15 is 0 Å². The highest BCUT2D eigenvalue weighted by atomic mass is 32.1. The van der Waals surface area contributed by atoms with Crippen LogP contribution in [-0.4, -0.2) is 45.5 Å². The number of phenolic OH excluding ortho intramolecular Hbond substituents is 1. The Bertz CT molecular complexity index is 1060. The van der Waals surface area contributed by atoms with Crippen LogP contribution in [0.25, 0.3) is 21.2 Å². The van der Waals surface area contributed by atoms with Gasteiger partial charge in [-0.2, -0.15) is 4.37 Å². The summed E-state index contributed by atoms with van der Waals surface area (Å²) in [6, 6.07) is 4.83. The van der Waals surface area contributed by atoms with E-state index < -0.39 is 17.4 Å². The van der Waals surface area contributed by atoms with Crippen LogP contribution in [0.2, 0.25) is 0 Å². The summed E-state index contributed by atoms with van der Waals surface area (Å²) in [5, 5.41) is 13.4. The Morgan fingerprint density at radius 1 is 1.25 bits per heavy atom. The van der Waals surface area contributed by atoms with Gasteiger partial charge in [0.1, 0.15) is 17.4 Å². The molecule has 2 N–H and O–H groups in total. The molecule has 0 saturated carbocycles. The number of phenols is 1. The quantitative estimate of drug-likeness (QED) is 0.684. The minimum Gasteiger partial charge on any atom is -0.508 e. The number of piperazine rings is 1. The third-order valence-electron chi connectivity index (χ3n) is 4.86. The fraction of sp³-hybridized carbons (Fsp3) is 0.300. The lowest BCUT2D eigenvalue weighted by atomic mass is 9.98. The van der Waals surface area contributed by atoms with E-state index in [2.05, 4.69) is 9.69 Å². The standard InChI is InChI=1S/C20H19F2N3O2S/c1-20(2)10-25(4-3-23-20)19(27)14-6-11(5-12-9-24-28-18(12)14)17-15(21)7-13(26)8-16(17)22/h5-9,23,26H,3-4,10H2,1-2H3. The average molecular weight is 403 g/mol. The fourth-order valence-electron chi connectivity index (χ4n) is 3.61. The molecule has 0 bridgehead atoms. The maximum atomic E-state index is 14.4. The number of nitrogens with zero attached hydrogens (tertiary/aromatic N) is 2. The van der Waals surface area contributed by atoms with E-state index in [0.717, 1.165) is 12.1 Å². The average Bonchev–Trinajstić information content (AvgIpc) is 3.07. The second-order valence-corrected chi connectivity index (χ2v) is 8.39. The number of amides is 1. The lowest BCUT2D eigenvalue weighted by molar-refractivity contribution is 0.0654. The molecule has 8 heteroatoms. The summed E-state index contributed by atoms with van der Waals surface area (Å²) in [5.41, 5.74) is 0.119. The van der Waals surface area contributed by atoms with Gasteiger partial charge in [-0.15, -0.1) is 0 Å². The predicted molar refractivity (Wildman–Crippen MR) is 105 cm³/mol. The van der Waals surface area contributed by atoms with Gasteiger partial charge in [-0.05, 0) is 43.1 Å². The zero-order chi connectivity index (χ0) is 20.1. The van der Waals surface area contributed by atoms with Crippen LogP contribution in [0.15, 0.2) is 30.5 Å². The van der Waals surface area contributed by atoms with Gasteiger partial charge in [-0.3, -0.25) is 4.79 Å². The molecule has 3 aromatic rings. The first-order chi connectivity index (χ1) is 13.2. The smallest absolute Gasteiger partial charge is 0.255 e. The van der Waals surface area contributed by atoms with Crippen molar-refractivity contribution < 1.29 is 18.7 Å². The molecule has 146 valence electrons. The van der Waals surface area contributed by atoms with Crippen LogP contribution in [0.4, 0.5) is 8.78 Å². The van der Waals surface area contributed by atoms with Gasteiger partial charge in [0.2, 0.25) is 0 Å². The molecule has 28 heavy (non-hydrogen) atoms. The molecule has 2 aromatic carbocycles. The summed E-state index contributed by atoms with van der Waals surface area (Å²) in [4.78, 5) is 15.0. The van der Waals surface area contributed by atoms with Crippen molar-refractivity contribution in [1.82, 2.24) is 14.6 Å². The summed E-state index contributed by atoms with van der Waals surface area (Å²) in [6.07, 6.45) is 1.58. The van der Waals surface area contributed by atoms with E-state index in [1.165, 1.54) is 17.6 Å². The number of benzene rings is 2. The molecule has 1 amide bonds. The molecule has 0 unspecified atom stereocenters. The molecule has 0 spiro atoms. The van der Waals surface area contributed by atoms with Crippen LogP contribution in [0.5, 0.6) is 5.75 Å². The molecule has 1 saturated heterocycles. The SMILES string of the molecule is CC1(C)CN(C(=O)c2cc(-c3c(F)cc(O)cc3F)cc3cnsc23)CCN1. The monoisotopic (exact) mass is 403 g/mol. The molecule has 0 radical (unpaired) electrons. The van der Waals surface area contributed by atoms with Gasteiger partial charge in [0.15, 0.2) is 0 Å². The number of hydrogen-bond acceptors (Lipinski definition) is 5. The lowest BCUT2D eigenvalue weighted by Gasteiger charge is -2.39. The lowest BCUT2D eigenvalue weighted by Crippen LogP contribution is -2.58. The molecule has 5 nitrogen and oxygen atoms in total. The third kappa shape index (κ3) is 3.33. The highest BCUT2D eigenvalue weighted by molar-refractivity contribution is 7.13. The Kier molecular flexibility index (Phi) is 4.55. The molecule has 0 atom stereocenters. The van der Waals surface area contributed by atoms with E-state index in [9.17, 15) is 18.7 Å². The zero-order valence-electron chi connectivity index (χ0n) is 15.4. The number of aromatic hydroxyl groups is 1. The van der Waals surface area contributed by atoms with Gasteiger partial charge in [-0.1, -0.05) is 0 Å². The van der Waals surface area contributed by atoms with Crippen molar-refractivity contribution in [3.8, 4) is 16.9 Å². The van der Waals surface area contributed by atoms with Crippen molar-refractivity contribution in [1.29, 1.82) is 0 Å². The fourth-order valence-corrected chi connectivity index (χ4v) is 4.34. The van der Waals surface area contributed by atoms with Crippen LogP contribution >= 0.6 is 11.5 Å². The van der Waals surface area contributed by atoms with Gasteiger partial charge in [-0.25, -0.2) is 8.78 Å². The molecule has 1 aromatic heterocycles. The molecule has 1 fully saturated rings. The second kappa shape index (κ2) is 6.79. The number of fused-ring (bicyclic) bond motifs is 1. The Hall–Kier alpha value is -2.58. The van der Waals surface area contributed by atoms with Crippen molar-refractivity contribution in [2.75, 3.05) is 19.6 Å². The van der Waals surface area contributed by atoms with Crippen LogP contribution < -0.4 is 5.32 Å². The Morgan fingerprint density at radius 2 is 1.96 bits per heavy atom. The van der Waals surface area contributed by atoms with Gasteiger partial charge in [0, 0.05) is 48.9 Å². The van der Waals surface area contributed by atoms with Crippen molar-refractivity contribution in [2.24, 2.45) is 0 Å². The number of rotatable bonds is 2.